The molecule has 3 saturated heterocycles. The number of hydrogen-bond acceptors (Lipinski definition) is 14. The van der Waals surface area contributed by atoms with Gasteiger partial charge in [0.2, 0.25) is 0 Å². The number of aliphatic hydroxyl groups excluding tert-OH is 7. The van der Waals surface area contributed by atoms with Gasteiger partial charge in [0.1, 0.15) is 48.8 Å². The minimum atomic E-state index is -1.59. The van der Waals surface area contributed by atoms with Gasteiger partial charge in [0.15, 0.2) is 12.6 Å². The molecule has 1 unspecified atom stereocenters. The summed E-state index contributed by atoms with van der Waals surface area (Å²) in [4.78, 5) is 12.1. The Hall–Kier alpha value is -1.01. The van der Waals surface area contributed by atoms with Crippen molar-refractivity contribution in [2.24, 2.45) is 45.3 Å². The van der Waals surface area contributed by atoms with Crippen LogP contribution in [-0.4, -0.2) is 140 Å². The highest BCUT2D eigenvalue weighted by atomic mass is 16.7. The maximum absolute atomic E-state index is 12.4. The number of aliphatic hydroxyl groups is 7. The highest BCUT2D eigenvalue weighted by Crippen LogP contribution is 2.76. The van der Waals surface area contributed by atoms with Gasteiger partial charge in [0, 0.05) is 13.3 Å². The summed E-state index contributed by atoms with van der Waals surface area (Å²) in [5.74, 6) is -0.0193. The van der Waals surface area contributed by atoms with Crippen LogP contribution in [-0.2, 0) is 33.2 Å². The van der Waals surface area contributed by atoms with Crippen molar-refractivity contribution in [1.29, 1.82) is 0 Å². The molecule has 56 heavy (non-hydrogen) atoms. The summed E-state index contributed by atoms with van der Waals surface area (Å²) in [7, 11) is 0. The van der Waals surface area contributed by atoms with Gasteiger partial charge in [0.25, 0.3) is 0 Å². The molecule has 0 amide bonds. The number of rotatable bonds is 6. The number of hydrogen-bond donors (Lipinski definition) is 7. The lowest BCUT2D eigenvalue weighted by atomic mass is 9.35. The van der Waals surface area contributed by atoms with Crippen molar-refractivity contribution < 1.29 is 69.0 Å². The van der Waals surface area contributed by atoms with Crippen LogP contribution in [0.4, 0.5) is 0 Å². The summed E-state index contributed by atoms with van der Waals surface area (Å²) in [5.41, 5.74) is -2.44. The van der Waals surface area contributed by atoms with E-state index in [-0.39, 0.29) is 64.6 Å². The quantitative estimate of drug-likeness (QED) is 0.152. The SMILES string of the molecule is CC(=O)O[C@H]1C[C@@](C)([C@H]2CC[C@]3(C)[C@@H]2[C@H](O)C[C@@H]2[C@@]4(C)CC[C@H](O[C@@H]5OC[C@@H](O)[C@H](O)[C@H]5O[C@@H]5OC[C@@H](O)[C@H](O)[C@H]5O)C(C)(C)C4CC[C@]23C)OC(C)(C)[C@@H]1O. The summed E-state index contributed by atoms with van der Waals surface area (Å²) in [6.07, 6.45) is -7.08. The Morgan fingerprint density at radius 1 is 0.679 bits per heavy atom. The zero-order valence-electron chi connectivity index (χ0n) is 34.8. The molecule has 0 radical (unpaired) electrons. The van der Waals surface area contributed by atoms with E-state index in [2.05, 4.69) is 41.5 Å². The van der Waals surface area contributed by atoms with Crippen LogP contribution in [0.3, 0.4) is 0 Å². The molecule has 0 bridgehead atoms. The minimum absolute atomic E-state index is 0.00388. The molecule has 20 atom stereocenters. The molecule has 7 fully saturated rings. The average molecular weight is 799 g/mol. The highest BCUT2D eigenvalue weighted by molar-refractivity contribution is 5.66. The van der Waals surface area contributed by atoms with Gasteiger partial charge in [-0.3, -0.25) is 4.79 Å². The largest absolute Gasteiger partial charge is 0.460 e. The fraction of sp³-hybridized carbons (Fsp3) is 0.976. The summed E-state index contributed by atoms with van der Waals surface area (Å²) >= 11 is 0. The molecule has 7 N–H and O–H groups in total. The summed E-state index contributed by atoms with van der Waals surface area (Å²) in [6.45, 7) is 18.4. The third-order valence-corrected chi connectivity index (χ3v) is 17.1. The predicted molar refractivity (Wildman–Crippen MR) is 199 cm³/mol. The normalized spacial score (nSPS) is 55.4. The van der Waals surface area contributed by atoms with Crippen molar-refractivity contribution in [3.05, 3.63) is 0 Å². The molecular formula is C42H70O14. The second-order valence-electron chi connectivity index (χ2n) is 20.9. The van der Waals surface area contributed by atoms with Gasteiger partial charge < -0.3 is 64.2 Å². The second-order valence-corrected chi connectivity index (χ2v) is 20.9. The molecule has 14 nitrogen and oxygen atoms in total. The molecule has 322 valence electrons. The van der Waals surface area contributed by atoms with Crippen LogP contribution in [0.25, 0.3) is 0 Å². The Morgan fingerprint density at radius 3 is 1.96 bits per heavy atom. The molecule has 3 heterocycles. The number of ether oxygens (including phenoxy) is 6. The van der Waals surface area contributed by atoms with E-state index in [9.17, 15) is 40.5 Å². The van der Waals surface area contributed by atoms with Crippen molar-refractivity contribution >= 4 is 5.97 Å². The van der Waals surface area contributed by atoms with Crippen molar-refractivity contribution in [3.63, 3.8) is 0 Å². The first kappa shape index (κ1) is 43.1. The lowest BCUT2D eigenvalue weighted by Crippen LogP contribution is -2.68. The summed E-state index contributed by atoms with van der Waals surface area (Å²) in [6, 6.07) is 0. The molecule has 0 aromatic heterocycles. The molecule has 0 aromatic rings. The fourth-order valence-corrected chi connectivity index (χ4v) is 14.1. The van der Waals surface area contributed by atoms with Gasteiger partial charge in [-0.15, -0.1) is 0 Å². The number of fused-ring (bicyclic) bond motifs is 5. The van der Waals surface area contributed by atoms with Gasteiger partial charge in [-0.25, -0.2) is 0 Å². The Balaban J connectivity index is 1.11. The van der Waals surface area contributed by atoms with Crippen molar-refractivity contribution in [2.45, 2.75) is 199 Å². The molecule has 7 rings (SSSR count). The summed E-state index contributed by atoms with van der Waals surface area (Å²) in [5, 5.41) is 75.9. The topological polar surface area (TPSA) is 214 Å². The Kier molecular flexibility index (Phi) is 11.2. The van der Waals surface area contributed by atoms with E-state index in [1.54, 1.807) is 0 Å². The average Bonchev–Trinajstić information content (AvgIpc) is 3.49. The molecular weight excluding hydrogens is 728 g/mol. The van der Waals surface area contributed by atoms with E-state index in [1.165, 1.54) is 6.92 Å². The first-order valence-electron chi connectivity index (χ1n) is 21.1. The second kappa shape index (κ2) is 14.6. The van der Waals surface area contributed by atoms with Crippen LogP contribution in [0.5, 0.6) is 0 Å². The maximum atomic E-state index is 12.4. The Labute approximate surface area is 331 Å². The lowest BCUT2D eigenvalue weighted by molar-refractivity contribution is -0.357. The van der Waals surface area contributed by atoms with E-state index in [1.807, 2.05) is 13.8 Å². The smallest absolute Gasteiger partial charge is 0.302 e. The molecule has 4 saturated carbocycles. The van der Waals surface area contributed by atoms with Gasteiger partial charge in [0.05, 0.1) is 36.6 Å². The van der Waals surface area contributed by atoms with Gasteiger partial charge >= 0.3 is 5.97 Å². The number of esters is 1. The van der Waals surface area contributed by atoms with Crippen LogP contribution in [0, 0.1) is 45.3 Å². The number of carbonyl (C=O) groups is 1. The van der Waals surface area contributed by atoms with Crippen LogP contribution < -0.4 is 0 Å². The van der Waals surface area contributed by atoms with Crippen molar-refractivity contribution in [3.8, 4) is 0 Å². The van der Waals surface area contributed by atoms with Crippen LogP contribution in [0.2, 0.25) is 0 Å². The van der Waals surface area contributed by atoms with E-state index in [4.69, 9.17) is 28.4 Å². The van der Waals surface area contributed by atoms with Crippen molar-refractivity contribution in [1.82, 2.24) is 0 Å². The van der Waals surface area contributed by atoms with Crippen LogP contribution >= 0.6 is 0 Å². The van der Waals surface area contributed by atoms with E-state index >= 15 is 0 Å². The van der Waals surface area contributed by atoms with Gasteiger partial charge in [-0.1, -0.05) is 34.6 Å². The zero-order valence-corrected chi connectivity index (χ0v) is 34.8. The van der Waals surface area contributed by atoms with Gasteiger partial charge in [-0.2, -0.15) is 0 Å². The Bertz CT molecular complexity index is 1460. The molecule has 7 aliphatic rings. The first-order chi connectivity index (χ1) is 25.9. The zero-order chi connectivity index (χ0) is 41.1. The fourth-order valence-electron chi connectivity index (χ4n) is 14.1. The van der Waals surface area contributed by atoms with Crippen molar-refractivity contribution in [2.75, 3.05) is 13.2 Å². The first-order valence-corrected chi connectivity index (χ1v) is 21.1. The monoisotopic (exact) mass is 798 g/mol. The highest BCUT2D eigenvalue weighted by Gasteiger charge is 2.72. The minimum Gasteiger partial charge on any atom is -0.460 e. The third-order valence-electron chi connectivity index (χ3n) is 17.1. The van der Waals surface area contributed by atoms with Crippen LogP contribution in [0.1, 0.15) is 114 Å². The molecule has 4 aliphatic carbocycles. The van der Waals surface area contributed by atoms with E-state index in [0.29, 0.717) is 19.3 Å². The van der Waals surface area contributed by atoms with E-state index in [0.717, 1.165) is 32.1 Å². The Morgan fingerprint density at radius 2 is 1.30 bits per heavy atom. The molecule has 3 aliphatic heterocycles. The standard InChI is InChI=1S/C42H70O14/c1-20(43)53-25-17-42(9,56-38(4,5)34(25)50)21-10-14-41(8)29(21)22(44)16-27-39(6)13-12-28(37(2,3)26(39)11-15-40(27,41)7)54-36-33(31(48)24(46)19-52-36)55-35-32(49)30(47)23(45)18-51-35/h21-36,44-50H,10-19H2,1-9H3/t21-,22+,23+,24+,25-,26?,27+,28-,29-,30-,31-,32+,33+,34+,35-,36-,39-,40+,41+,42-/m0/s1. The molecule has 14 heteroatoms. The lowest BCUT2D eigenvalue weighted by Gasteiger charge is -2.71. The summed E-state index contributed by atoms with van der Waals surface area (Å²) < 4.78 is 36.6. The molecule has 0 aromatic carbocycles. The third kappa shape index (κ3) is 6.63. The van der Waals surface area contributed by atoms with Gasteiger partial charge in [-0.05, 0) is 111 Å². The molecule has 0 spiro atoms. The van der Waals surface area contributed by atoms with Crippen LogP contribution in [0.15, 0.2) is 0 Å². The predicted octanol–water partition coefficient (Wildman–Crippen LogP) is 2.18. The maximum Gasteiger partial charge on any atom is 0.302 e. The van der Waals surface area contributed by atoms with E-state index < -0.39 is 84.7 Å². The number of carbonyl (C=O) groups excluding carboxylic acids is 1.